The molecule has 5 nitrogen and oxygen atoms in total. The summed E-state index contributed by atoms with van der Waals surface area (Å²) in [5.74, 6) is -0.464. The van der Waals surface area contributed by atoms with Gasteiger partial charge in [0.2, 0.25) is 0 Å². The second-order valence-electron chi connectivity index (χ2n) is 5.98. The number of carbonyl (C=O) groups is 2. The Bertz CT molecular complexity index is 849. The van der Waals surface area contributed by atoms with E-state index in [2.05, 4.69) is 0 Å². The molecule has 3 rings (SSSR count). The summed E-state index contributed by atoms with van der Waals surface area (Å²) in [7, 11) is -1.27. The quantitative estimate of drug-likeness (QED) is 0.758. The molecule has 0 saturated heterocycles. The summed E-state index contributed by atoms with van der Waals surface area (Å²) in [4.78, 5) is 27.1. The Balaban J connectivity index is 1.70. The number of para-hydroxylation sites is 1. The summed E-state index contributed by atoms with van der Waals surface area (Å²) in [5.41, 5.74) is 2.26. The molecule has 0 bridgehead atoms. The van der Waals surface area contributed by atoms with Crippen LogP contribution in [-0.2, 0) is 26.8 Å². The topological polar surface area (TPSA) is 63.7 Å². The maximum Gasteiger partial charge on any atom is 0.339 e. The van der Waals surface area contributed by atoms with Crippen LogP contribution in [0.25, 0.3) is 0 Å². The monoisotopic (exact) mass is 371 g/mol. The number of fused-ring (bicyclic) bond motifs is 1. The van der Waals surface area contributed by atoms with Crippen LogP contribution in [0, 0.1) is 0 Å². The van der Waals surface area contributed by atoms with E-state index in [-0.39, 0.29) is 18.1 Å². The fraction of sp³-hybridized carbons (Fsp3) is 0.300. The Morgan fingerprint density at radius 2 is 1.85 bits per heavy atom. The van der Waals surface area contributed by atoms with E-state index in [1.807, 2.05) is 24.3 Å². The van der Waals surface area contributed by atoms with E-state index in [0.717, 1.165) is 24.1 Å². The van der Waals surface area contributed by atoms with E-state index < -0.39 is 16.8 Å². The van der Waals surface area contributed by atoms with Crippen molar-refractivity contribution in [1.29, 1.82) is 0 Å². The number of hydrogen-bond donors (Lipinski definition) is 0. The third kappa shape index (κ3) is 3.85. The van der Waals surface area contributed by atoms with Crippen LogP contribution in [-0.4, -0.2) is 35.0 Å². The van der Waals surface area contributed by atoms with Crippen LogP contribution in [0.4, 0.5) is 5.69 Å². The molecule has 1 amide bonds. The van der Waals surface area contributed by atoms with E-state index in [1.165, 1.54) is 0 Å². The molecule has 2 aromatic carbocycles. The van der Waals surface area contributed by atoms with Gasteiger partial charge in [-0.05, 0) is 36.6 Å². The number of esters is 1. The van der Waals surface area contributed by atoms with E-state index in [0.29, 0.717) is 17.2 Å². The first-order valence-electron chi connectivity index (χ1n) is 8.64. The van der Waals surface area contributed by atoms with Crippen molar-refractivity contribution in [3.05, 3.63) is 59.7 Å². The minimum Gasteiger partial charge on any atom is -0.452 e. The van der Waals surface area contributed by atoms with Crippen molar-refractivity contribution >= 4 is 28.4 Å². The van der Waals surface area contributed by atoms with Crippen LogP contribution >= 0.6 is 0 Å². The average Bonchev–Trinajstić information content (AvgIpc) is 2.70. The normalized spacial score (nSPS) is 14.4. The Morgan fingerprint density at radius 1 is 1.12 bits per heavy atom. The number of aryl methyl sites for hydroxylation is 1. The van der Waals surface area contributed by atoms with Gasteiger partial charge >= 0.3 is 5.97 Å². The first-order chi connectivity index (χ1) is 12.6. The van der Waals surface area contributed by atoms with Crippen molar-refractivity contribution in [3.63, 3.8) is 0 Å². The Labute approximate surface area is 155 Å². The van der Waals surface area contributed by atoms with Crippen molar-refractivity contribution < 1.29 is 18.5 Å². The smallest absolute Gasteiger partial charge is 0.339 e. The Hall–Kier alpha value is -2.47. The number of anilines is 1. The van der Waals surface area contributed by atoms with Crippen LogP contribution in [0.2, 0.25) is 0 Å². The van der Waals surface area contributed by atoms with E-state index >= 15 is 0 Å². The van der Waals surface area contributed by atoms with Crippen LogP contribution in [0.1, 0.15) is 29.3 Å². The second-order valence-corrected chi connectivity index (χ2v) is 7.69. The molecule has 6 heteroatoms. The highest BCUT2D eigenvalue weighted by Crippen LogP contribution is 2.26. The number of nitrogens with zero attached hydrogens (tertiary/aromatic N) is 1. The van der Waals surface area contributed by atoms with Crippen LogP contribution < -0.4 is 4.90 Å². The van der Waals surface area contributed by atoms with Gasteiger partial charge < -0.3 is 9.64 Å². The zero-order valence-electron chi connectivity index (χ0n) is 14.6. The SMILES string of the molecule is CCS(=O)c1ccccc1C(=O)OCC(=O)N1CCCc2ccccc21. The van der Waals surface area contributed by atoms with Crippen LogP contribution in [0.15, 0.2) is 53.4 Å². The van der Waals surface area contributed by atoms with Crippen molar-refractivity contribution in [2.24, 2.45) is 0 Å². The fourth-order valence-corrected chi connectivity index (χ4v) is 4.00. The van der Waals surface area contributed by atoms with Crippen molar-refractivity contribution in [2.45, 2.75) is 24.7 Å². The zero-order valence-corrected chi connectivity index (χ0v) is 15.5. The summed E-state index contributed by atoms with van der Waals surface area (Å²) in [6, 6.07) is 14.4. The molecule has 1 aliphatic heterocycles. The average molecular weight is 371 g/mol. The number of hydrogen-bond acceptors (Lipinski definition) is 4. The van der Waals surface area contributed by atoms with E-state index in [1.54, 1.807) is 36.1 Å². The molecule has 0 aromatic heterocycles. The molecule has 1 unspecified atom stereocenters. The van der Waals surface area contributed by atoms with Gasteiger partial charge in [-0.25, -0.2) is 4.79 Å². The molecule has 2 aromatic rings. The molecule has 136 valence electrons. The molecule has 26 heavy (non-hydrogen) atoms. The second kappa shape index (κ2) is 8.27. The van der Waals surface area contributed by atoms with Gasteiger partial charge in [0.15, 0.2) is 6.61 Å². The van der Waals surface area contributed by atoms with Gasteiger partial charge in [0.25, 0.3) is 5.91 Å². The lowest BCUT2D eigenvalue weighted by atomic mass is 10.0. The van der Waals surface area contributed by atoms with Gasteiger partial charge in [-0.15, -0.1) is 0 Å². The minimum atomic E-state index is -1.27. The summed E-state index contributed by atoms with van der Waals surface area (Å²) < 4.78 is 17.3. The highest BCUT2D eigenvalue weighted by molar-refractivity contribution is 7.85. The lowest BCUT2D eigenvalue weighted by Crippen LogP contribution is -2.38. The summed E-state index contributed by atoms with van der Waals surface area (Å²) in [5, 5.41) is 0. The highest BCUT2D eigenvalue weighted by Gasteiger charge is 2.24. The molecular formula is C20H21NO4S. The summed E-state index contributed by atoms with van der Waals surface area (Å²) in [6.07, 6.45) is 1.82. The zero-order chi connectivity index (χ0) is 18.5. The first kappa shape index (κ1) is 18.3. The fourth-order valence-electron chi connectivity index (χ4n) is 3.06. The molecule has 1 aliphatic rings. The van der Waals surface area contributed by atoms with Crippen molar-refractivity contribution in [3.8, 4) is 0 Å². The molecule has 0 radical (unpaired) electrons. The lowest BCUT2D eigenvalue weighted by molar-refractivity contribution is -0.121. The predicted octanol–water partition coefficient (Wildman–Crippen LogP) is 2.95. The van der Waals surface area contributed by atoms with Crippen molar-refractivity contribution in [2.75, 3.05) is 23.8 Å². The number of amides is 1. The molecule has 0 N–H and O–H groups in total. The van der Waals surface area contributed by atoms with Crippen LogP contribution in [0.3, 0.4) is 0 Å². The minimum absolute atomic E-state index is 0.250. The van der Waals surface area contributed by atoms with Crippen molar-refractivity contribution in [1.82, 2.24) is 0 Å². The summed E-state index contributed by atoms with van der Waals surface area (Å²) in [6.45, 7) is 2.07. The Morgan fingerprint density at radius 3 is 2.65 bits per heavy atom. The highest BCUT2D eigenvalue weighted by atomic mass is 32.2. The number of ether oxygens (including phenoxy) is 1. The van der Waals surface area contributed by atoms with E-state index in [4.69, 9.17) is 4.74 Å². The third-order valence-corrected chi connectivity index (χ3v) is 5.72. The number of rotatable bonds is 5. The standard InChI is InChI=1S/C20H21NO4S/c1-2-26(24)18-12-6-4-10-16(18)20(23)25-14-19(22)21-13-7-9-15-8-3-5-11-17(15)21/h3-6,8,10-12H,2,7,9,13-14H2,1H3. The first-order valence-corrected chi connectivity index (χ1v) is 9.96. The van der Waals surface area contributed by atoms with Gasteiger partial charge in [-0.1, -0.05) is 37.3 Å². The van der Waals surface area contributed by atoms with Gasteiger partial charge in [0.05, 0.1) is 21.3 Å². The maximum atomic E-state index is 12.6. The molecule has 0 fully saturated rings. The summed E-state index contributed by atoms with van der Waals surface area (Å²) >= 11 is 0. The third-order valence-electron chi connectivity index (χ3n) is 4.35. The molecular weight excluding hydrogens is 350 g/mol. The van der Waals surface area contributed by atoms with Gasteiger partial charge in [0, 0.05) is 18.0 Å². The molecule has 1 heterocycles. The van der Waals surface area contributed by atoms with Crippen LogP contribution in [0.5, 0.6) is 0 Å². The van der Waals surface area contributed by atoms with Gasteiger partial charge in [-0.3, -0.25) is 9.00 Å². The van der Waals surface area contributed by atoms with Gasteiger partial charge in [-0.2, -0.15) is 0 Å². The maximum absolute atomic E-state index is 12.6. The van der Waals surface area contributed by atoms with Gasteiger partial charge in [0.1, 0.15) is 0 Å². The Kier molecular flexibility index (Phi) is 5.83. The lowest BCUT2D eigenvalue weighted by Gasteiger charge is -2.29. The molecule has 0 aliphatic carbocycles. The molecule has 1 atom stereocenters. The van der Waals surface area contributed by atoms with E-state index in [9.17, 15) is 13.8 Å². The number of benzene rings is 2. The number of carbonyl (C=O) groups excluding carboxylic acids is 2. The molecule has 0 spiro atoms. The molecule has 0 saturated carbocycles. The largest absolute Gasteiger partial charge is 0.452 e. The predicted molar refractivity (Wildman–Crippen MR) is 101 cm³/mol.